The summed E-state index contributed by atoms with van der Waals surface area (Å²) in [6.07, 6.45) is 2.20. The molecule has 1 heterocycles. The van der Waals surface area contributed by atoms with Gasteiger partial charge in [0.25, 0.3) is 0 Å². The summed E-state index contributed by atoms with van der Waals surface area (Å²) < 4.78 is 2.04. The molecule has 1 rings (SSSR count). The van der Waals surface area contributed by atoms with E-state index in [-0.39, 0.29) is 6.04 Å². The van der Waals surface area contributed by atoms with Crippen LogP contribution >= 0.6 is 9.39 Å². The van der Waals surface area contributed by atoms with Crippen molar-refractivity contribution < 1.29 is 4.79 Å². The second-order valence-electron chi connectivity index (χ2n) is 2.51. The number of Topliss-reactive ketones (excluding diaryl/α,β-unsaturated/α-hetero) is 1. The first-order valence-electron chi connectivity index (χ1n) is 3.23. The van der Waals surface area contributed by atoms with Gasteiger partial charge in [0.1, 0.15) is 5.78 Å². The third kappa shape index (κ3) is 1.50. The maximum atomic E-state index is 10.8. The molecule has 2 atom stereocenters. The third-order valence-electron chi connectivity index (χ3n) is 1.76. The fourth-order valence-corrected chi connectivity index (χ4v) is 1.77. The predicted octanol–water partition coefficient (Wildman–Crippen LogP) is 0.830. The highest BCUT2D eigenvalue weighted by molar-refractivity contribution is 7.13. The summed E-state index contributed by atoms with van der Waals surface area (Å²) in [5.74, 6) is 0.294. The van der Waals surface area contributed by atoms with Crippen LogP contribution in [0.15, 0.2) is 0 Å². The van der Waals surface area contributed by atoms with E-state index in [9.17, 15) is 4.79 Å². The van der Waals surface area contributed by atoms with Crippen LogP contribution < -0.4 is 0 Å². The Bertz CT molecular complexity index is 126. The molecular formula is C6H12NOP. The van der Waals surface area contributed by atoms with Gasteiger partial charge in [-0.3, -0.25) is 9.46 Å². The smallest absolute Gasteiger partial charge is 0.147 e. The summed E-state index contributed by atoms with van der Waals surface area (Å²) in [7, 11) is 2.59. The maximum Gasteiger partial charge on any atom is 0.147 e. The molecule has 0 aromatic rings. The first-order chi connectivity index (χ1) is 4.22. The van der Waals surface area contributed by atoms with E-state index in [0.717, 1.165) is 19.4 Å². The predicted molar refractivity (Wildman–Crippen MR) is 40.1 cm³/mol. The van der Waals surface area contributed by atoms with Crippen LogP contribution in [0, 0.1) is 0 Å². The molecule has 2 nitrogen and oxygen atoms in total. The molecule has 0 bridgehead atoms. The lowest BCUT2D eigenvalue weighted by molar-refractivity contribution is -0.119. The standard InChI is InChI=1S/C6H12NOP/c1-5(8)6-3-2-4-7(6)9/h6H,2-4,9H2,1H3/t6-/m0/s1. The van der Waals surface area contributed by atoms with Crippen LogP contribution in [0.4, 0.5) is 0 Å². The van der Waals surface area contributed by atoms with Crippen LogP contribution in [0.3, 0.4) is 0 Å². The Balaban J connectivity index is 2.49. The number of hydrogen-bond donors (Lipinski definition) is 0. The van der Waals surface area contributed by atoms with Crippen LogP contribution in [0.2, 0.25) is 0 Å². The van der Waals surface area contributed by atoms with Crippen LogP contribution in [-0.2, 0) is 4.79 Å². The molecule has 3 heteroatoms. The van der Waals surface area contributed by atoms with E-state index in [4.69, 9.17) is 0 Å². The van der Waals surface area contributed by atoms with Gasteiger partial charge in [0, 0.05) is 6.54 Å². The number of nitrogens with zero attached hydrogens (tertiary/aromatic N) is 1. The molecule has 0 N–H and O–H groups in total. The Hall–Kier alpha value is 0.0600. The largest absolute Gasteiger partial charge is 0.298 e. The molecule has 1 unspecified atom stereocenters. The van der Waals surface area contributed by atoms with Gasteiger partial charge in [-0.15, -0.1) is 0 Å². The van der Waals surface area contributed by atoms with Gasteiger partial charge >= 0.3 is 0 Å². The maximum absolute atomic E-state index is 10.8. The Kier molecular flexibility index (Phi) is 2.20. The second kappa shape index (κ2) is 2.76. The van der Waals surface area contributed by atoms with Crippen molar-refractivity contribution in [3.63, 3.8) is 0 Å². The molecule has 0 saturated carbocycles. The van der Waals surface area contributed by atoms with E-state index in [1.165, 1.54) is 0 Å². The van der Waals surface area contributed by atoms with Gasteiger partial charge in [0.2, 0.25) is 0 Å². The van der Waals surface area contributed by atoms with Gasteiger partial charge in [-0.1, -0.05) is 9.39 Å². The van der Waals surface area contributed by atoms with E-state index in [0.29, 0.717) is 5.78 Å². The summed E-state index contributed by atoms with van der Waals surface area (Å²) in [4.78, 5) is 10.8. The molecule has 0 aliphatic carbocycles. The van der Waals surface area contributed by atoms with Gasteiger partial charge in [0.05, 0.1) is 6.04 Å². The Morgan fingerprint density at radius 1 is 1.78 bits per heavy atom. The average molecular weight is 145 g/mol. The minimum Gasteiger partial charge on any atom is -0.298 e. The molecule has 0 aromatic heterocycles. The molecule has 1 saturated heterocycles. The normalized spacial score (nSPS) is 28.9. The zero-order valence-corrected chi connectivity index (χ0v) is 6.79. The molecule has 1 aliphatic rings. The molecular weight excluding hydrogens is 133 g/mol. The molecule has 0 amide bonds. The van der Waals surface area contributed by atoms with Crippen LogP contribution in [0.5, 0.6) is 0 Å². The topological polar surface area (TPSA) is 20.3 Å². The lowest BCUT2D eigenvalue weighted by Gasteiger charge is -2.14. The quantitative estimate of drug-likeness (QED) is 0.509. The number of hydrogen-bond acceptors (Lipinski definition) is 2. The molecule has 9 heavy (non-hydrogen) atoms. The first kappa shape index (κ1) is 7.17. The summed E-state index contributed by atoms with van der Waals surface area (Å²) in [6.45, 7) is 2.71. The van der Waals surface area contributed by atoms with Gasteiger partial charge in [-0.05, 0) is 19.8 Å². The zero-order valence-electron chi connectivity index (χ0n) is 5.63. The minimum absolute atomic E-state index is 0.190. The van der Waals surface area contributed by atoms with Crippen molar-refractivity contribution >= 4 is 15.2 Å². The first-order valence-corrected chi connectivity index (χ1v) is 3.75. The fourth-order valence-electron chi connectivity index (χ4n) is 1.23. The van der Waals surface area contributed by atoms with Gasteiger partial charge < -0.3 is 0 Å². The lowest BCUT2D eigenvalue weighted by atomic mass is 10.2. The van der Waals surface area contributed by atoms with Crippen molar-refractivity contribution in [1.29, 1.82) is 0 Å². The zero-order chi connectivity index (χ0) is 6.85. The second-order valence-corrected chi connectivity index (χ2v) is 3.17. The Morgan fingerprint density at radius 3 is 2.67 bits per heavy atom. The number of ketones is 1. The van der Waals surface area contributed by atoms with Gasteiger partial charge in [-0.25, -0.2) is 0 Å². The molecule has 0 spiro atoms. The molecule has 1 fully saturated rings. The van der Waals surface area contributed by atoms with Crippen LogP contribution in [0.1, 0.15) is 19.8 Å². The van der Waals surface area contributed by atoms with E-state index in [1.54, 1.807) is 6.92 Å². The summed E-state index contributed by atoms with van der Waals surface area (Å²) in [5.41, 5.74) is 0. The van der Waals surface area contributed by atoms with Crippen molar-refractivity contribution in [2.24, 2.45) is 0 Å². The van der Waals surface area contributed by atoms with Crippen molar-refractivity contribution in [2.45, 2.75) is 25.8 Å². The molecule has 0 radical (unpaired) electrons. The average Bonchev–Trinajstić information content (AvgIpc) is 2.13. The van der Waals surface area contributed by atoms with E-state index in [1.807, 2.05) is 4.67 Å². The van der Waals surface area contributed by atoms with Crippen molar-refractivity contribution in [1.82, 2.24) is 4.67 Å². The fraction of sp³-hybridized carbons (Fsp3) is 0.833. The third-order valence-corrected chi connectivity index (χ3v) is 2.38. The highest BCUT2D eigenvalue weighted by Crippen LogP contribution is 2.20. The summed E-state index contributed by atoms with van der Waals surface area (Å²) in [6, 6.07) is 0.190. The van der Waals surface area contributed by atoms with Crippen LogP contribution in [0.25, 0.3) is 0 Å². The highest BCUT2D eigenvalue weighted by Gasteiger charge is 2.24. The van der Waals surface area contributed by atoms with E-state index in [2.05, 4.69) is 9.39 Å². The number of carbonyl (C=O) groups excluding carboxylic acids is 1. The van der Waals surface area contributed by atoms with Gasteiger partial charge in [-0.2, -0.15) is 0 Å². The van der Waals surface area contributed by atoms with Gasteiger partial charge in [0.15, 0.2) is 0 Å². The van der Waals surface area contributed by atoms with E-state index < -0.39 is 0 Å². The Labute approximate surface area is 57.9 Å². The SMILES string of the molecule is CC(=O)[C@@H]1CCCN1P. The van der Waals surface area contributed by atoms with Crippen molar-refractivity contribution in [3.8, 4) is 0 Å². The Morgan fingerprint density at radius 2 is 2.44 bits per heavy atom. The van der Waals surface area contributed by atoms with Crippen LogP contribution in [-0.4, -0.2) is 23.0 Å². The molecule has 0 aromatic carbocycles. The molecule has 52 valence electrons. The minimum atomic E-state index is 0.190. The highest BCUT2D eigenvalue weighted by atomic mass is 31.0. The summed E-state index contributed by atoms with van der Waals surface area (Å²) >= 11 is 0. The number of carbonyl (C=O) groups is 1. The van der Waals surface area contributed by atoms with Crippen molar-refractivity contribution in [2.75, 3.05) is 6.54 Å². The number of rotatable bonds is 1. The lowest BCUT2D eigenvalue weighted by Crippen LogP contribution is -2.26. The summed E-state index contributed by atoms with van der Waals surface area (Å²) in [5, 5.41) is 0. The monoisotopic (exact) mass is 145 g/mol. The van der Waals surface area contributed by atoms with Crippen molar-refractivity contribution in [3.05, 3.63) is 0 Å². The molecule has 1 aliphatic heterocycles. The van der Waals surface area contributed by atoms with E-state index >= 15 is 0 Å².